The van der Waals surface area contributed by atoms with E-state index in [1.807, 2.05) is 24.1 Å². The Morgan fingerprint density at radius 2 is 2.00 bits per heavy atom. The van der Waals surface area contributed by atoms with Crippen LogP contribution in [0.25, 0.3) is 0 Å². The molecule has 0 aliphatic rings. The van der Waals surface area contributed by atoms with Crippen molar-refractivity contribution in [3.05, 3.63) is 40.5 Å². The lowest BCUT2D eigenvalue weighted by atomic mass is 10.2. The topological polar surface area (TPSA) is 64.8 Å². The average Bonchev–Trinajstić information content (AvgIpc) is 2.47. The zero-order valence-electron chi connectivity index (χ0n) is 10.6. The number of benzene rings is 1. The third-order valence-corrected chi connectivity index (χ3v) is 3.21. The van der Waals surface area contributed by atoms with E-state index in [1.165, 1.54) is 0 Å². The number of anilines is 3. The van der Waals surface area contributed by atoms with Crippen LogP contribution in [0.3, 0.4) is 0 Å². The molecule has 1 aromatic carbocycles. The lowest BCUT2D eigenvalue weighted by molar-refractivity contribution is 1.06. The Bertz CT molecular complexity index is 618. The van der Waals surface area contributed by atoms with Crippen molar-refractivity contribution in [1.82, 2.24) is 9.97 Å². The third-order valence-electron chi connectivity index (χ3n) is 2.65. The molecule has 2 rings (SSSR count). The molecule has 0 radical (unpaired) electrons. The normalized spacial score (nSPS) is 9.79. The molecule has 0 saturated carbocycles. The molecular weight excluding hydrogens is 306 g/mol. The average molecular weight is 318 g/mol. The quantitative estimate of drug-likeness (QED) is 0.942. The summed E-state index contributed by atoms with van der Waals surface area (Å²) in [6.45, 7) is 0. The molecule has 0 atom stereocenters. The molecule has 5 nitrogen and oxygen atoms in total. The largest absolute Gasteiger partial charge is 0.357 e. The highest BCUT2D eigenvalue weighted by Crippen LogP contribution is 2.29. The van der Waals surface area contributed by atoms with Gasteiger partial charge < -0.3 is 10.2 Å². The van der Waals surface area contributed by atoms with Gasteiger partial charge in [-0.15, -0.1) is 0 Å². The standard InChI is InChI=1S/C13H12BrN5/c1-16-13-17-8-11(14)12(18-13)19(2)10-5-3-9(7-15)4-6-10/h3-6,8H,1-2H3,(H,16,17,18). The van der Waals surface area contributed by atoms with Crippen molar-refractivity contribution in [3.8, 4) is 6.07 Å². The van der Waals surface area contributed by atoms with Crippen LogP contribution in [0.5, 0.6) is 0 Å². The van der Waals surface area contributed by atoms with Crippen LogP contribution in [0.1, 0.15) is 5.56 Å². The van der Waals surface area contributed by atoms with Crippen molar-refractivity contribution in [2.75, 3.05) is 24.3 Å². The minimum absolute atomic E-state index is 0.554. The van der Waals surface area contributed by atoms with Gasteiger partial charge in [0.1, 0.15) is 0 Å². The Morgan fingerprint density at radius 1 is 1.32 bits per heavy atom. The summed E-state index contributed by atoms with van der Waals surface area (Å²) < 4.78 is 0.804. The van der Waals surface area contributed by atoms with Gasteiger partial charge in [-0.2, -0.15) is 10.2 Å². The fourth-order valence-corrected chi connectivity index (χ4v) is 2.05. The molecule has 96 valence electrons. The van der Waals surface area contributed by atoms with Gasteiger partial charge in [-0.05, 0) is 40.2 Å². The van der Waals surface area contributed by atoms with E-state index in [9.17, 15) is 0 Å². The smallest absolute Gasteiger partial charge is 0.224 e. The van der Waals surface area contributed by atoms with Crippen molar-refractivity contribution in [2.24, 2.45) is 0 Å². The monoisotopic (exact) mass is 317 g/mol. The van der Waals surface area contributed by atoms with Crippen LogP contribution < -0.4 is 10.2 Å². The highest BCUT2D eigenvalue weighted by atomic mass is 79.9. The fraction of sp³-hybridized carbons (Fsp3) is 0.154. The molecular formula is C13H12BrN5. The number of nitriles is 1. The summed E-state index contributed by atoms with van der Waals surface area (Å²) in [6.07, 6.45) is 1.70. The number of halogens is 1. The third kappa shape index (κ3) is 2.83. The Balaban J connectivity index is 2.37. The van der Waals surface area contributed by atoms with Crippen LogP contribution in [0.15, 0.2) is 34.9 Å². The zero-order chi connectivity index (χ0) is 13.8. The van der Waals surface area contributed by atoms with Gasteiger partial charge in [-0.3, -0.25) is 0 Å². The first-order chi connectivity index (χ1) is 9.15. The minimum Gasteiger partial charge on any atom is -0.357 e. The molecule has 1 N–H and O–H groups in total. The van der Waals surface area contributed by atoms with E-state index in [4.69, 9.17) is 5.26 Å². The van der Waals surface area contributed by atoms with Gasteiger partial charge in [0.05, 0.1) is 16.1 Å². The van der Waals surface area contributed by atoms with E-state index in [0.29, 0.717) is 11.5 Å². The summed E-state index contributed by atoms with van der Waals surface area (Å²) >= 11 is 3.44. The predicted octanol–water partition coefficient (Wildman–Crippen LogP) is 2.92. The maximum Gasteiger partial charge on any atom is 0.224 e. The van der Waals surface area contributed by atoms with Crippen molar-refractivity contribution in [3.63, 3.8) is 0 Å². The molecule has 0 aliphatic carbocycles. The first-order valence-electron chi connectivity index (χ1n) is 5.60. The van der Waals surface area contributed by atoms with E-state index < -0.39 is 0 Å². The predicted molar refractivity (Wildman–Crippen MR) is 78.5 cm³/mol. The molecule has 0 bridgehead atoms. The summed E-state index contributed by atoms with van der Waals surface area (Å²) in [5, 5.41) is 11.7. The second-order valence-electron chi connectivity index (χ2n) is 3.83. The van der Waals surface area contributed by atoms with Crippen LogP contribution in [0.4, 0.5) is 17.5 Å². The molecule has 0 unspecified atom stereocenters. The Hall–Kier alpha value is -2.13. The van der Waals surface area contributed by atoms with Crippen LogP contribution in [-0.4, -0.2) is 24.1 Å². The van der Waals surface area contributed by atoms with Gasteiger partial charge in [0.2, 0.25) is 5.95 Å². The fourth-order valence-electron chi connectivity index (χ4n) is 1.60. The van der Waals surface area contributed by atoms with Crippen molar-refractivity contribution >= 4 is 33.4 Å². The number of rotatable bonds is 3. The molecule has 19 heavy (non-hydrogen) atoms. The molecule has 0 saturated heterocycles. The zero-order valence-corrected chi connectivity index (χ0v) is 12.1. The van der Waals surface area contributed by atoms with E-state index in [-0.39, 0.29) is 0 Å². The van der Waals surface area contributed by atoms with Crippen LogP contribution in [0.2, 0.25) is 0 Å². The molecule has 0 amide bonds. The number of aromatic nitrogens is 2. The lowest BCUT2D eigenvalue weighted by Gasteiger charge is -2.20. The lowest BCUT2D eigenvalue weighted by Crippen LogP contribution is -2.13. The summed E-state index contributed by atoms with van der Waals surface area (Å²) in [4.78, 5) is 10.4. The van der Waals surface area contributed by atoms with E-state index in [1.54, 1.807) is 25.4 Å². The number of nitrogens with zero attached hydrogens (tertiary/aromatic N) is 4. The number of nitrogens with one attached hydrogen (secondary N) is 1. The SMILES string of the molecule is CNc1ncc(Br)c(N(C)c2ccc(C#N)cc2)n1. The Morgan fingerprint density at radius 3 is 2.58 bits per heavy atom. The molecule has 2 aromatic rings. The second-order valence-corrected chi connectivity index (χ2v) is 4.69. The first-order valence-corrected chi connectivity index (χ1v) is 6.39. The Labute approximate surface area is 120 Å². The van der Waals surface area contributed by atoms with Crippen molar-refractivity contribution in [2.45, 2.75) is 0 Å². The van der Waals surface area contributed by atoms with Crippen molar-refractivity contribution in [1.29, 1.82) is 5.26 Å². The summed E-state index contributed by atoms with van der Waals surface area (Å²) in [5.41, 5.74) is 1.58. The highest BCUT2D eigenvalue weighted by molar-refractivity contribution is 9.10. The minimum atomic E-state index is 0.554. The van der Waals surface area contributed by atoms with Gasteiger partial charge in [-0.1, -0.05) is 0 Å². The maximum atomic E-state index is 8.80. The molecule has 1 aromatic heterocycles. The number of hydrogen-bond acceptors (Lipinski definition) is 5. The molecule has 1 heterocycles. The summed E-state index contributed by atoms with van der Waals surface area (Å²) in [7, 11) is 3.68. The molecule has 0 fully saturated rings. The molecule has 0 spiro atoms. The number of hydrogen-bond donors (Lipinski definition) is 1. The van der Waals surface area contributed by atoms with E-state index in [0.717, 1.165) is 16.0 Å². The van der Waals surface area contributed by atoms with Gasteiger partial charge in [-0.25, -0.2) is 4.98 Å². The maximum absolute atomic E-state index is 8.80. The van der Waals surface area contributed by atoms with Gasteiger partial charge in [0.15, 0.2) is 5.82 Å². The van der Waals surface area contributed by atoms with Gasteiger partial charge in [0, 0.05) is 26.0 Å². The van der Waals surface area contributed by atoms with E-state index >= 15 is 0 Å². The van der Waals surface area contributed by atoms with Crippen LogP contribution >= 0.6 is 15.9 Å². The molecule has 0 aliphatic heterocycles. The first kappa shape index (κ1) is 13.3. The molecule has 6 heteroatoms. The Kier molecular flexibility index (Phi) is 3.97. The van der Waals surface area contributed by atoms with Crippen LogP contribution in [-0.2, 0) is 0 Å². The van der Waals surface area contributed by atoms with Crippen LogP contribution in [0, 0.1) is 11.3 Å². The second kappa shape index (κ2) is 5.67. The van der Waals surface area contributed by atoms with Gasteiger partial charge in [0.25, 0.3) is 0 Å². The van der Waals surface area contributed by atoms with Gasteiger partial charge >= 0.3 is 0 Å². The summed E-state index contributed by atoms with van der Waals surface area (Å²) in [5.74, 6) is 1.31. The van der Waals surface area contributed by atoms with E-state index in [2.05, 4.69) is 37.3 Å². The summed E-state index contributed by atoms with van der Waals surface area (Å²) in [6, 6.07) is 9.42. The van der Waals surface area contributed by atoms with Crippen molar-refractivity contribution < 1.29 is 0 Å². The highest BCUT2D eigenvalue weighted by Gasteiger charge is 2.11.